The normalized spacial score (nSPS) is 12.7. The summed E-state index contributed by atoms with van der Waals surface area (Å²) in [5, 5.41) is 0. The smallest absolute Gasteiger partial charge is 0.181 e. The van der Waals surface area contributed by atoms with Gasteiger partial charge in [-0.3, -0.25) is 4.79 Å². The molecule has 0 aliphatic carbocycles. The monoisotopic (exact) mass is 196 g/mol. The van der Waals surface area contributed by atoms with Crippen molar-refractivity contribution in [2.75, 3.05) is 13.2 Å². The van der Waals surface area contributed by atoms with Crippen LogP contribution in [-0.2, 0) is 11.3 Å². The van der Waals surface area contributed by atoms with Crippen molar-refractivity contribution in [2.24, 2.45) is 5.73 Å². The molecule has 0 aromatic carbocycles. The lowest BCUT2D eigenvalue weighted by Gasteiger charge is -2.16. The Morgan fingerprint density at radius 2 is 2.14 bits per heavy atom. The zero-order chi connectivity index (χ0) is 10.4. The van der Waals surface area contributed by atoms with Gasteiger partial charge in [-0.1, -0.05) is 0 Å². The van der Waals surface area contributed by atoms with Gasteiger partial charge >= 0.3 is 0 Å². The van der Waals surface area contributed by atoms with Crippen LogP contribution in [0.25, 0.3) is 0 Å². The molecule has 0 saturated carbocycles. The highest BCUT2D eigenvalue weighted by Gasteiger charge is 2.05. The van der Waals surface area contributed by atoms with Crippen molar-refractivity contribution in [3.05, 3.63) is 34.7 Å². The number of ether oxygens (including phenoxy) is 1. The molecular weight excluding hydrogens is 180 g/mol. The van der Waals surface area contributed by atoms with Gasteiger partial charge in [-0.15, -0.1) is 0 Å². The third-order valence-electron chi connectivity index (χ3n) is 1.94. The fourth-order valence-corrected chi connectivity index (χ4v) is 1.23. The van der Waals surface area contributed by atoms with Crippen LogP contribution in [0.1, 0.15) is 6.92 Å². The highest BCUT2D eigenvalue weighted by molar-refractivity contribution is 4.93. The molecule has 0 bridgehead atoms. The average Bonchev–Trinajstić information content (AvgIpc) is 2.20. The Bertz CT molecular complexity index is 302. The molecule has 2 N–H and O–H groups in total. The van der Waals surface area contributed by atoms with Crippen molar-refractivity contribution in [2.45, 2.75) is 19.6 Å². The Kier molecular flexibility index (Phi) is 4.35. The van der Waals surface area contributed by atoms with Crippen LogP contribution in [-0.4, -0.2) is 23.8 Å². The van der Waals surface area contributed by atoms with E-state index in [1.807, 2.05) is 11.5 Å². The average molecular weight is 196 g/mol. The van der Waals surface area contributed by atoms with Gasteiger partial charge in [0.05, 0.1) is 6.10 Å². The Morgan fingerprint density at radius 3 is 2.64 bits per heavy atom. The summed E-state index contributed by atoms with van der Waals surface area (Å²) in [4.78, 5) is 10.8. The van der Waals surface area contributed by atoms with Crippen LogP contribution in [0.3, 0.4) is 0 Å². The number of nitrogens with zero attached hydrogens (tertiary/aromatic N) is 1. The van der Waals surface area contributed by atoms with Gasteiger partial charge in [0.2, 0.25) is 0 Å². The lowest BCUT2D eigenvalue weighted by atomic mass is 10.3. The van der Waals surface area contributed by atoms with Gasteiger partial charge in [-0.25, -0.2) is 0 Å². The molecule has 4 heteroatoms. The maximum Gasteiger partial charge on any atom is 0.181 e. The zero-order valence-electron chi connectivity index (χ0n) is 8.35. The summed E-state index contributed by atoms with van der Waals surface area (Å²) in [5.41, 5.74) is 5.55. The number of pyridine rings is 1. The van der Waals surface area contributed by atoms with Crippen molar-refractivity contribution in [3.8, 4) is 0 Å². The first kappa shape index (κ1) is 10.9. The van der Waals surface area contributed by atoms with E-state index in [2.05, 4.69) is 0 Å². The molecule has 14 heavy (non-hydrogen) atoms. The lowest BCUT2D eigenvalue weighted by Crippen LogP contribution is -2.28. The molecule has 1 atom stereocenters. The summed E-state index contributed by atoms with van der Waals surface area (Å²) in [6, 6.07) is 3.05. The van der Waals surface area contributed by atoms with Crippen LogP contribution in [0.4, 0.5) is 0 Å². The third kappa shape index (κ3) is 3.32. The largest absolute Gasteiger partial charge is 0.375 e. The van der Waals surface area contributed by atoms with Gasteiger partial charge in [0.25, 0.3) is 0 Å². The van der Waals surface area contributed by atoms with Crippen LogP contribution < -0.4 is 11.2 Å². The standard InChI is InChI=1S/C10H16N2O2/c1-2-14-10(7-11)8-12-5-3-9(13)4-6-12/h3-6,10H,2,7-8,11H2,1H3. The molecule has 0 amide bonds. The second kappa shape index (κ2) is 5.57. The number of rotatable bonds is 5. The first-order chi connectivity index (χ1) is 6.76. The Morgan fingerprint density at radius 1 is 1.50 bits per heavy atom. The van der Waals surface area contributed by atoms with Crippen molar-refractivity contribution < 1.29 is 4.74 Å². The van der Waals surface area contributed by atoms with Crippen LogP contribution in [0.2, 0.25) is 0 Å². The Labute approximate surface area is 83.3 Å². The molecule has 1 aromatic rings. The van der Waals surface area contributed by atoms with E-state index in [1.165, 1.54) is 12.1 Å². The van der Waals surface area contributed by atoms with E-state index in [0.29, 0.717) is 19.7 Å². The quantitative estimate of drug-likeness (QED) is 0.732. The minimum Gasteiger partial charge on any atom is -0.375 e. The van der Waals surface area contributed by atoms with Gasteiger partial charge in [0.15, 0.2) is 5.43 Å². The van der Waals surface area contributed by atoms with E-state index in [0.717, 1.165) is 0 Å². The van der Waals surface area contributed by atoms with E-state index in [4.69, 9.17) is 10.5 Å². The van der Waals surface area contributed by atoms with Gasteiger partial charge in [-0.05, 0) is 6.92 Å². The maximum atomic E-state index is 10.8. The molecular formula is C10H16N2O2. The second-order valence-corrected chi connectivity index (χ2v) is 3.04. The number of nitrogens with two attached hydrogens (primary N) is 1. The molecule has 0 aliphatic heterocycles. The van der Waals surface area contributed by atoms with Crippen LogP contribution in [0.15, 0.2) is 29.3 Å². The Balaban J connectivity index is 2.57. The fourth-order valence-electron chi connectivity index (χ4n) is 1.23. The van der Waals surface area contributed by atoms with E-state index < -0.39 is 0 Å². The molecule has 1 heterocycles. The number of hydrogen-bond donors (Lipinski definition) is 1. The predicted octanol–water partition coefficient (Wildman–Crippen LogP) is 0.212. The third-order valence-corrected chi connectivity index (χ3v) is 1.94. The van der Waals surface area contributed by atoms with Crippen molar-refractivity contribution >= 4 is 0 Å². The first-order valence-electron chi connectivity index (χ1n) is 4.74. The van der Waals surface area contributed by atoms with Crippen LogP contribution in [0, 0.1) is 0 Å². The summed E-state index contributed by atoms with van der Waals surface area (Å²) >= 11 is 0. The Hall–Kier alpha value is -1.13. The topological polar surface area (TPSA) is 57.2 Å². The minimum absolute atomic E-state index is 0.0157. The highest BCUT2D eigenvalue weighted by Crippen LogP contribution is 1.95. The molecule has 1 unspecified atom stereocenters. The minimum atomic E-state index is 0.0157. The summed E-state index contributed by atoms with van der Waals surface area (Å²) in [6.45, 7) is 3.76. The van der Waals surface area contributed by atoms with Crippen LogP contribution >= 0.6 is 0 Å². The summed E-state index contributed by atoms with van der Waals surface area (Å²) in [5.74, 6) is 0. The van der Waals surface area contributed by atoms with E-state index in [9.17, 15) is 4.79 Å². The number of aromatic nitrogens is 1. The highest BCUT2D eigenvalue weighted by atomic mass is 16.5. The molecule has 0 fully saturated rings. The molecule has 0 aliphatic rings. The van der Waals surface area contributed by atoms with E-state index >= 15 is 0 Å². The summed E-state index contributed by atoms with van der Waals surface area (Å²) in [7, 11) is 0. The second-order valence-electron chi connectivity index (χ2n) is 3.04. The SMILES string of the molecule is CCOC(CN)Cn1ccc(=O)cc1. The van der Waals surface area contributed by atoms with Crippen molar-refractivity contribution in [1.29, 1.82) is 0 Å². The lowest BCUT2D eigenvalue weighted by molar-refractivity contribution is 0.0566. The molecule has 0 spiro atoms. The van der Waals surface area contributed by atoms with Gasteiger partial charge < -0.3 is 15.0 Å². The predicted molar refractivity (Wildman–Crippen MR) is 55.2 cm³/mol. The van der Waals surface area contributed by atoms with E-state index in [1.54, 1.807) is 12.4 Å². The molecule has 78 valence electrons. The molecule has 4 nitrogen and oxygen atoms in total. The van der Waals surface area contributed by atoms with Gasteiger partial charge in [0, 0.05) is 44.2 Å². The van der Waals surface area contributed by atoms with Crippen molar-refractivity contribution in [1.82, 2.24) is 4.57 Å². The van der Waals surface area contributed by atoms with Crippen molar-refractivity contribution in [3.63, 3.8) is 0 Å². The zero-order valence-corrected chi connectivity index (χ0v) is 8.35. The molecule has 0 radical (unpaired) electrons. The number of hydrogen-bond acceptors (Lipinski definition) is 3. The summed E-state index contributed by atoms with van der Waals surface area (Å²) < 4.78 is 7.30. The van der Waals surface area contributed by atoms with Crippen LogP contribution in [0.5, 0.6) is 0 Å². The fraction of sp³-hybridized carbons (Fsp3) is 0.500. The molecule has 1 rings (SSSR count). The first-order valence-corrected chi connectivity index (χ1v) is 4.74. The van der Waals surface area contributed by atoms with Gasteiger partial charge in [-0.2, -0.15) is 0 Å². The summed E-state index contributed by atoms with van der Waals surface area (Å²) in [6.07, 6.45) is 3.50. The molecule has 0 saturated heterocycles. The van der Waals surface area contributed by atoms with Gasteiger partial charge in [0.1, 0.15) is 0 Å². The maximum absolute atomic E-state index is 10.8. The van der Waals surface area contributed by atoms with E-state index in [-0.39, 0.29) is 11.5 Å². The molecule has 1 aromatic heterocycles.